The van der Waals surface area contributed by atoms with E-state index in [1.165, 1.54) is 0 Å². The Morgan fingerprint density at radius 1 is 1.10 bits per heavy atom. The quantitative estimate of drug-likeness (QED) is 0.603. The molecule has 0 bridgehead atoms. The SMILES string of the molecule is Cc1ccc(NC(=O)N2CCN(C(=O)/C=C/c3nc4ccccc4s3)CC2)cc1Cl. The number of nitrogens with one attached hydrogen (secondary N) is 1. The number of hydrogen-bond acceptors (Lipinski definition) is 4. The van der Waals surface area contributed by atoms with Crippen molar-refractivity contribution in [3.8, 4) is 0 Å². The number of aromatic nitrogens is 1. The zero-order valence-electron chi connectivity index (χ0n) is 16.5. The van der Waals surface area contributed by atoms with Crippen molar-refractivity contribution < 1.29 is 9.59 Å². The molecule has 1 aliphatic rings. The van der Waals surface area contributed by atoms with Gasteiger partial charge in [0.1, 0.15) is 5.01 Å². The van der Waals surface area contributed by atoms with E-state index in [0.29, 0.717) is 36.9 Å². The van der Waals surface area contributed by atoms with Crippen LogP contribution in [0, 0.1) is 6.92 Å². The summed E-state index contributed by atoms with van der Waals surface area (Å²) < 4.78 is 1.10. The van der Waals surface area contributed by atoms with E-state index >= 15 is 0 Å². The summed E-state index contributed by atoms with van der Waals surface area (Å²) in [6.45, 7) is 3.85. The minimum atomic E-state index is -0.188. The van der Waals surface area contributed by atoms with Crippen molar-refractivity contribution in [1.29, 1.82) is 0 Å². The highest BCUT2D eigenvalue weighted by Gasteiger charge is 2.23. The monoisotopic (exact) mass is 440 g/mol. The number of nitrogens with zero attached hydrogens (tertiary/aromatic N) is 3. The number of rotatable bonds is 3. The van der Waals surface area contributed by atoms with Crippen molar-refractivity contribution in [2.75, 3.05) is 31.5 Å². The molecule has 0 unspecified atom stereocenters. The lowest BCUT2D eigenvalue weighted by atomic mass is 10.2. The zero-order chi connectivity index (χ0) is 21.1. The number of fused-ring (bicyclic) bond motifs is 1. The molecule has 2 heterocycles. The Morgan fingerprint density at radius 3 is 2.57 bits per heavy atom. The van der Waals surface area contributed by atoms with Gasteiger partial charge in [-0.25, -0.2) is 9.78 Å². The van der Waals surface area contributed by atoms with E-state index in [1.807, 2.05) is 43.3 Å². The molecule has 0 aliphatic carbocycles. The van der Waals surface area contributed by atoms with E-state index < -0.39 is 0 Å². The second-order valence-corrected chi connectivity index (χ2v) is 8.53. The molecule has 0 atom stereocenters. The average molecular weight is 441 g/mol. The molecular formula is C22H21ClN4O2S. The van der Waals surface area contributed by atoms with Crippen molar-refractivity contribution in [2.24, 2.45) is 0 Å². The Balaban J connectivity index is 1.30. The molecule has 2 aromatic carbocycles. The molecule has 3 amide bonds. The highest BCUT2D eigenvalue weighted by Crippen LogP contribution is 2.23. The predicted molar refractivity (Wildman–Crippen MR) is 122 cm³/mol. The number of thiazole rings is 1. The average Bonchev–Trinajstić information content (AvgIpc) is 3.18. The topological polar surface area (TPSA) is 65.5 Å². The molecule has 8 heteroatoms. The minimum absolute atomic E-state index is 0.0698. The molecule has 1 saturated heterocycles. The zero-order valence-corrected chi connectivity index (χ0v) is 18.0. The van der Waals surface area contributed by atoms with E-state index in [2.05, 4.69) is 10.3 Å². The molecule has 30 heavy (non-hydrogen) atoms. The summed E-state index contributed by atoms with van der Waals surface area (Å²) in [7, 11) is 0. The van der Waals surface area contributed by atoms with E-state index in [9.17, 15) is 9.59 Å². The number of benzene rings is 2. The maximum Gasteiger partial charge on any atom is 0.321 e. The van der Waals surface area contributed by atoms with Crippen molar-refractivity contribution in [3.05, 3.63) is 64.1 Å². The van der Waals surface area contributed by atoms with Crippen LogP contribution in [0.5, 0.6) is 0 Å². The fraction of sp³-hybridized carbons (Fsp3) is 0.227. The first kappa shape index (κ1) is 20.4. The van der Waals surface area contributed by atoms with Gasteiger partial charge in [-0.3, -0.25) is 4.79 Å². The highest BCUT2D eigenvalue weighted by atomic mass is 35.5. The normalized spacial score (nSPS) is 14.5. The molecule has 154 valence electrons. The second-order valence-electron chi connectivity index (χ2n) is 7.06. The molecule has 3 aromatic rings. The molecule has 1 N–H and O–H groups in total. The molecule has 6 nitrogen and oxygen atoms in total. The Labute approximate surface area is 183 Å². The third kappa shape index (κ3) is 4.63. The van der Waals surface area contributed by atoms with Crippen LogP contribution in [-0.4, -0.2) is 52.9 Å². The molecule has 1 fully saturated rings. The summed E-state index contributed by atoms with van der Waals surface area (Å²) in [5.74, 6) is -0.0698. The first-order valence-corrected chi connectivity index (χ1v) is 10.8. The van der Waals surface area contributed by atoms with Crippen LogP contribution in [-0.2, 0) is 4.79 Å². The molecule has 1 aromatic heterocycles. The standard InChI is InChI=1S/C22H21ClN4O2S/c1-15-6-7-16(14-17(15)23)24-22(29)27-12-10-26(11-13-27)21(28)9-8-20-25-18-4-2-3-5-19(18)30-20/h2-9,14H,10-13H2,1H3,(H,24,29)/b9-8+. The van der Waals surface area contributed by atoms with Gasteiger partial charge in [-0.05, 0) is 42.8 Å². The van der Waals surface area contributed by atoms with Gasteiger partial charge in [-0.15, -0.1) is 11.3 Å². The van der Waals surface area contributed by atoms with Crippen LogP contribution in [0.1, 0.15) is 10.6 Å². The second kappa shape index (κ2) is 8.85. The van der Waals surface area contributed by atoms with Crippen LogP contribution >= 0.6 is 22.9 Å². The summed E-state index contributed by atoms with van der Waals surface area (Å²) in [5, 5.41) is 4.28. The van der Waals surface area contributed by atoms with Crippen molar-refractivity contribution in [1.82, 2.24) is 14.8 Å². The Hall–Kier alpha value is -2.90. The summed E-state index contributed by atoms with van der Waals surface area (Å²) in [6, 6.07) is 13.1. The van der Waals surface area contributed by atoms with Crippen LogP contribution in [0.2, 0.25) is 5.02 Å². The van der Waals surface area contributed by atoms with E-state index in [1.54, 1.807) is 39.4 Å². The van der Waals surface area contributed by atoms with E-state index in [0.717, 1.165) is 20.8 Å². The van der Waals surface area contributed by atoms with Crippen LogP contribution in [0.4, 0.5) is 10.5 Å². The highest BCUT2D eigenvalue weighted by molar-refractivity contribution is 7.19. The molecule has 0 spiro atoms. The maximum absolute atomic E-state index is 12.5. The van der Waals surface area contributed by atoms with Gasteiger partial charge < -0.3 is 15.1 Å². The Bertz CT molecular complexity index is 1090. The third-order valence-corrected chi connectivity index (χ3v) is 6.39. The Kier molecular flexibility index (Phi) is 6.01. The van der Waals surface area contributed by atoms with Gasteiger partial charge in [-0.1, -0.05) is 29.8 Å². The van der Waals surface area contributed by atoms with Crippen LogP contribution in [0.15, 0.2) is 48.5 Å². The number of urea groups is 1. The fourth-order valence-electron chi connectivity index (χ4n) is 3.21. The van der Waals surface area contributed by atoms with Gasteiger partial charge in [0.05, 0.1) is 10.2 Å². The first-order chi connectivity index (χ1) is 14.5. The molecule has 0 saturated carbocycles. The number of halogens is 1. The maximum atomic E-state index is 12.5. The molecule has 0 radical (unpaired) electrons. The lowest BCUT2D eigenvalue weighted by Crippen LogP contribution is -2.51. The summed E-state index contributed by atoms with van der Waals surface area (Å²) >= 11 is 7.67. The number of carbonyl (C=O) groups excluding carboxylic acids is 2. The number of piperazine rings is 1. The Morgan fingerprint density at radius 2 is 1.83 bits per heavy atom. The van der Waals surface area contributed by atoms with Crippen molar-refractivity contribution >= 4 is 56.9 Å². The van der Waals surface area contributed by atoms with Gasteiger partial charge >= 0.3 is 6.03 Å². The molecular weight excluding hydrogens is 420 g/mol. The predicted octanol–water partition coefficient (Wildman–Crippen LogP) is 4.65. The van der Waals surface area contributed by atoms with Gasteiger partial charge in [0, 0.05) is 43.0 Å². The van der Waals surface area contributed by atoms with Gasteiger partial charge in [0.2, 0.25) is 5.91 Å². The number of hydrogen-bond donors (Lipinski definition) is 1. The van der Waals surface area contributed by atoms with Gasteiger partial charge in [0.15, 0.2) is 0 Å². The summed E-state index contributed by atoms with van der Waals surface area (Å²) in [4.78, 5) is 32.9. The number of amides is 3. The largest absolute Gasteiger partial charge is 0.336 e. The lowest BCUT2D eigenvalue weighted by molar-refractivity contribution is -0.127. The number of para-hydroxylation sites is 1. The lowest BCUT2D eigenvalue weighted by Gasteiger charge is -2.34. The van der Waals surface area contributed by atoms with Crippen LogP contribution < -0.4 is 5.32 Å². The minimum Gasteiger partial charge on any atom is -0.336 e. The van der Waals surface area contributed by atoms with Crippen LogP contribution in [0.25, 0.3) is 16.3 Å². The number of carbonyl (C=O) groups is 2. The van der Waals surface area contributed by atoms with E-state index in [4.69, 9.17) is 11.6 Å². The number of anilines is 1. The van der Waals surface area contributed by atoms with E-state index in [-0.39, 0.29) is 11.9 Å². The fourth-order valence-corrected chi connectivity index (χ4v) is 4.26. The van der Waals surface area contributed by atoms with Crippen LogP contribution in [0.3, 0.4) is 0 Å². The number of aryl methyl sites for hydroxylation is 1. The van der Waals surface area contributed by atoms with Gasteiger partial charge in [-0.2, -0.15) is 0 Å². The smallest absolute Gasteiger partial charge is 0.321 e. The molecule has 4 rings (SSSR count). The summed E-state index contributed by atoms with van der Waals surface area (Å²) in [6.07, 6.45) is 3.31. The van der Waals surface area contributed by atoms with Crippen molar-refractivity contribution in [2.45, 2.75) is 6.92 Å². The third-order valence-electron chi connectivity index (χ3n) is 4.98. The van der Waals surface area contributed by atoms with Crippen molar-refractivity contribution in [3.63, 3.8) is 0 Å². The first-order valence-electron chi connectivity index (χ1n) is 9.64. The van der Waals surface area contributed by atoms with Gasteiger partial charge in [0.25, 0.3) is 0 Å². The summed E-state index contributed by atoms with van der Waals surface area (Å²) in [5.41, 5.74) is 2.55. The molecule has 1 aliphatic heterocycles.